The van der Waals surface area contributed by atoms with Crippen molar-refractivity contribution in [1.29, 1.82) is 0 Å². The molecule has 200 valence electrons. The van der Waals surface area contributed by atoms with Crippen molar-refractivity contribution >= 4 is 23.9 Å². The van der Waals surface area contributed by atoms with Crippen molar-refractivity contribution in [3.8, 4) is 5.75 Å². The summed E-state index contributed by atoms with van der Waals surface area (Å²) >= 11 is 0. The third kappa shape index (κ3) is 10.5. The highest BCUT2D eigenvalue weighted by Gasteiger charge is 2.28. The molecule has 1 aromatic carbocycles. The number of hydrogen-bond donors (Lipinski definition) is 3. The molecule has 1 aromatic rings. The summed E-state index contributed by atoms with van der Waals surface area (Å²) in [5.41, 5.74) is 0.0735. The predicted octanol–water partition coefficient (Wildman–Crippen LogP) is 1.47. The van der Waals surface area contributed by atoms with Crippen molar-refractivity contribution < 1.29 is 38.1 Å². The molecule has 0 radical (unpaired) electrons. The first-order chi connectivity index (χ1) is 16.9. The number of esters is 1. The van der Waals surface area contributed by atoms with Crippen LogP contribution in [0.4, 0.5) is 4.79 Å². The molecule has 0 saturated carbocycles. The maximum atomic E-state index is 12.8. The van der Waals surface area contributed by atoms with Crippen molar-refractivity contribution in [2.45, 2.75) is 77.8 Å². The minimum absolute atomic E-state index is 0.145. The van der Waals surface area contributed by atoms with Gasteiger partial charge >= 0.3 is 12.1 Å². The summed E-state index contributed by atoms with van der Waals surface area (Å²) in [5, 5.41) is 7.58. The predicted molar refractivity (Wildman–Crippen MR) is 130 cm³/mol. The fourth-order valence-electron chi connectivity index (χ4n) is 3.00. The minimum Gasteiger partial charge on any atom is -0.491 e. The number of rotatable bonds is 12. The molecule has 2 rings (SSSR count). The first-order valence-corrected chi connectivity index (χ1v) is 12.0. The van der Waals surface area contributed by atoms with Gasteiger partial charge in [-0.3, -0.25) is 9.59 Å². The van der Waals surface area contributed by atoms with Crippen LogP contribution in [-0.2, 0) is 35.0 Å². The fourth-order valence-corrected chi connectivity index (χ4v) is 3.00. The second-order valence-electron chi connectivity index (χ2n) is 9.53. The van der Waals surface area contributed by atoms with Crippen LogP contribution in [0.3, 0.4) is 0 Å². The highest BCUT2D eigenvalue weighted by molar-refractivity contribution is 5.92. The number of carbonyl (C=O) groups is 4. The molecule has 1 fully saturated rings. The van der Waals surface area contributed by atoms with Crippen LogP contribution in [0, 0.1) is 0 Å². The zero-order valence-electron chi connectivity index (χ0n) is 21.7. The molecule has 0 aromatic heterocycles. The Labute approximate surface area is 211 Å². The molecule has 1 aliphatic heterocycles. The topological polar surface area (TPSA) is 145 Å². The lowest BCUT2D eigenvalue weighted by Gasteiger charge is -2.23. The summed E-state index contributed by atoms with van der Waals surface area (Å²) in [7, 11) is 0. The summed E-state index contributed by atoms with van der Waals surface area (Å²) in [6.45, 7) is 11.1. The average molecular weight is 508 g/mol. The number of alkyl carbamates (subject to hydrolysis) is 1. The zero-order valence-corrected chi connectivity index (χ0v) is 21.7. The molecule has 1 saturated heterocycles. The number of ether oxygens (including phenoxy) is 4. The van der Waals surface area contributed by atoms with E-state index in [1.54, 1.807) is 52.0 Å². The van der Waals surface area contributed by atoms with E-state index in [0.717, 1.165) is 5.56 Å². The first-order valence-electron chi connectivity index (χ1n) is 12.0. The second kappa shape index (κ2) is 13.1. The fraction of sp³-hybridized carbons (Fsp3) is 0.600. The molecular weight excluding hydrogens is 470 g/mol. The van der Waals surface area contributed by atoms with Crippen LogP contribution in [-0.4, -0.2) is 73.5 Å². The lowest BCUT2D eigenvalue weighted by molar-refractivity contribution is -0.147. The molecule has 3 N–H and O–H groups in total. The van der Waals surface area contributed by atoms with E-state index in [1.807, 2.05) is 0 Å². The maximum Gasteiger partial charge on any atom is 0.408 e. The van der Waals surface area contributed by atoms with Crippen molar-refractivity contribution in [1.82, 2.24) is 16.0 Å². The number of epoxide rings is 1. The molecule has 11 nitrogen and oxygen atoms in total. The van der Waals surface area contributed by atoms with Crippen LogP contribution in [0.15, 0.2) is 24.3 Å². The van der Waals surface area contributed by atoms with E-state index in [4.69, 9.17) is 18.9 Å². The highest BCUT2D eigenvalue weighted by atomic mass is 16.6. The van der Waals surface area contributed by atoms with E-state index in [0.29, 0.717) is 19.0 Å². The van der Waals surface area contributed by atoms with E-state index in [-0.39, 0.29) is 19.1 Å². The van der Waals surface area contributed by atoms with E-state index >= 15 is 0 Å². The zero-order chi connectivity index (χ0) is 26.9. The highest BCUT2D eigenvalue weighted by Crippen LogP contribution is 2.17. The van der Waals surface area contributed by atoms with Gasteiger partial charge in [-0.15, -0.1) is 0 Å². The summed E-state index contributed by atoms with van der Waals surface area (Å²) in [4.78, 5) is 49.6. The van der Waals surface area contributed by atoms with E-state index < -0.39 is 47.6 Å². The van der Waals surface area contributed by atoms with Gasteiger partial charge in [0, 0.05) is 6.42 Å². The summed E-state index contributed by atoms with van der Waals surface area (Å²) in [6.07, 6.45) is -0.415. The van der Waals surface area contributed by atoms with Crippen molar-refractivity contribution in [2.75, 3.05) is 19.8 Å². The molecule has 1 unspecified atom stereocenters. The molecule has 0 spiro atoms. The third-order valence-corrected chi connectivity index (χ3v) is 4.97. The van der Waals surface area contributed by atoms with Gasteiger partial charge in [-0.1, -0.05) is 12.1 Å². The van der Waals surface area contributed by atoms with Crippen LogP contribution >= 0.6 is 0 Å². The first kappa shape index (κ1) is 28.9. The van der Waals surface area contributed by atoms with E-state index in [2.05, 4.69) is 16.0 Å². The molecule has 0 bridgehead atoms. The molecule has 1 heterocycles. The van der Waals surface area contributed by atoms with E-state index in [9.17, 15) is 19.2 Å². The number of hydrogen-bond acceptors (Lipinski definition) is 8. The van der Waals surface area contributed by atoms with Crippen LogP contribution in [0.25, 0.3) is 0 Å². The summed E-state index contributed by atoms with van der Waals surface area (Å²) in [5.74, 6) is -1.06. The normalized spacial score (nSPS) is 17.1. The number of nitrogens with one attached hydrogen (secondary N) is 3. The largest absolute Gasteiger partial charge is 0.491 e. The van der Waals surface area contributed by atoms with Crippen molar-refractivity contribution in [3.05, 3.63) is 29.8 Å². The Morgan fingerprint density at radius 2 is 1.58 bits per heavy atom. The molecule has 1 aliphatic rings. The Morgan fingerprint density at radius 3 is 2.14 bits per heavy atom. The van der Waals surface area contributed by atoms with Gasteiger partial charge in [-0.2, -0.15) is 0 Å². The molecule has 36 heavy (non-hydrogen) atoms. The van der Waals surface area contributed by atoms with Gasteiger partial charge in [-0.25, -0.2) is 9.59 Å². The third-order valence-electron chi connectivity index (χ3n) is 4.97. The number of amides is 3. The SMILES string of the molecule is CCOC(=O)[C@H](Cc1ccc(OCC2CO2)cc1)NC(=O)[C@H](C)NC(=O)[C@H](C)NC(=O)OC(C)(C)C. The number of benzene rings is 1. The molecular formula is C25H37N3O8. The minimum atomic E-state index is -0.974. The van der Waals surface area contributed by atoms with Crippen LogP contribution in [0.1, 0.15) is 47.1 Å². The van der Waals surface area contributed by atoms with E-state index in [1.165, 1.54) is 13.8 Å². The molecule has 0 aliphatic carbocycles. The Bertz CT molecular complexity index is 909. The smallest absolute Gasteiger partial charge is 0.408 e. The standard InChI is InChI=1S/C25H37N3O8/c1-7-33-23(31)20(12-17-8-10-18(11-9-17)34-13-19-14-35-19)28-22(30)15(2)26-21(29)16(3)27-24(32)36-25(4,5)6/h8-11,15-16,19-20H,7,12-14H2,1-6H3,(H,26,29)(H,27,32)(H,28,30)/t15-,16-,19?,20-/m0/s1. The van der Waals surface area contributed by atoms with Gasteiger partial charge in [0.15, 0.2) is 0 Å². The molecule has 4 atom stereocenters. The van der Waals surface area contributed by atoms with Gasteiger partial charge in [0.25, 0.3) is 0 Å². The second-order valence-corrected chi connectivity index (χ2v) is 9.53. The Hall–Kier alpha value is -3.34. The Balaban J connectivity index is 1.92. The average Bonchev–Trinajstić information content (AvgIpc) is 3.61. The van der Waals surface area contributed by atoms with Crippen LogP contribution in [0.5, 0.6) is 5.75 Å². The lowest BCUT2D eigenvalue weighted by Crippen LogP contribution is -2.54. The monoisotopic (exact) mass is 507 g/mol. The Kier molecular flexibility index (Phi) is 10.5. The van der Waals surface area contributed by atoms with Gasteiger partial charge in [-0.05, 0) is 59.2 Å². The molecule has 11 heteroatoms. The molecule has 3 amide bonds. The van der Waals surface area contributed by atoms with Crippen LogP contribution in [0.2, 0.25) is 0 Å². The summed E-state index contributed by atoms with van der Waals surface area (Å²) in [6, 6.07) is 4.29. The van der Waals surface area contributed by atoms with Gasteiger partial charge in [0.1, 0.15) is 42.2 Å². The van der Waals surface area contributed by atoms with Crippen LogP contribution < -0.4 is 20.7 Å². The quantitative estimate of drug-likeness (QED) is 0.285. The maximum absolute atomic E-state index is 12.8. The Morgan fingerprint density at radius 1 is 1.00 bits per heavy atom. The lowest BCUT2D eigenvalue weighted by atomic mass is 10.1. The van der Waals surface area contributed by atoms with Gasteiger partial charge in [0.05, 0.1) is 13.2 Å². The van der Waals surface area contributed by atoms with Crippen molar-refractivity contribution in [2.24, 2.45) is 0 Å². The van der Waals surface area contributed by atoms with Gasteiger partial charge in [0.2, 0.25) is 11.8 Å². The van der Waals surface area contributed by atoms with Crippen molar-refractivity contribution in [3.63, 3.8) is 0 Å². The summed E-state index contributed by atoms with van der Waals surface area (Å²) < 4.78 is 21.0. The van der Waals surface area contributed by atoms with Gasteiger partial charge < -0.3 is 34.9 Å². The number of carbonyl (C=O) groups excluding carboxylic acids is 4.